The molecule has 1 aliphatic rings. The standard InChI is InChI=1S/C15H25NO5/c1-11(17)21-13-9-10-14(18)16-12(13)7-5-3-4-6-8-15(19)20-2/h12-13H,3-10H2,1-2H3,(H,16,18)/t12-,13+/m0/s1. The van der Waals surface area contributed by atoms with E-state index in [2.05, 4.69) is 10.1 Å². The first-order valence-corrected chi connectivity index (χ1v) is 7.56. The Kier molecular flexibility index (Phi) is 7.79. The van der Waals surface area contributed by atoms with Crippen molar-refractivity contribution in [1.82, 2.24) is 5.32 Å². The number of rotatable bonds is 8. The van der Waals surface area contributed by atoms with Crippen molar-refractivity contribution in [2.75, 3.05) is 7.11 Å². The van der Waals surface area contributed by atoms with Gasteiger partial charge in [-0.15, -0.1) is 0 Å². The van der Waals surface area contributed by atoms with Gasteiger partial charge in [-0.3, -0.25) is 14.4 Å². The Labute approximate surface area is 125 Å². The van der Waals surface area contributed by atoms with Crippen LogP contribution in [0.5, 0.6) is 0 Å². The van der Waals surface area contributed by atoms with Gasteiger partial charge >= 0.3 is 11.9 Å². The van der Waals surface area contributed by atoms with Crippen LogP contribution in [0.15, 0.2) is 0 Å². The highest BCUT2D eigenvalue weighted by Crippen LogP contribution is 2.19. The smallest absolute Gasteiger partial charge is 0.305 e. The molecule has 1 amide bonds. The molecule has 6 nitrogen and oxygen atoms in total. The van der Waals surface area contributed by atoms with Gasteiger partial charge in [0.1, 0.15) is 6.10 Å². The molecule has 0 radical (unpaired) electrons. The van der Waals surface area contributed by atoms with Crippen LogP contribution in [-0.4, -0.2) is 37.1 Å². The lowest BCUT2D eigenvalue weighted by molar-refractivity contribution is -0.151. The van der Waals surface area contributed by atoms with E-state index in [9.17, 15) is 14.4 Å². The van der Waals surface area contributed by atoms with Crippen molar-refractivity contribution >= 4 is 17.8 Å². The third-order valence-electron chi connectivity index (χ3n) is 3.64. The third kappa shape index (κ3) is 7.11. The lowest BCUT2D eigenvalue weighted by Crippen LogP contribution is -2.49. The predicted molar refractivity (Wildman–Crippen MR) is 76.4 cm³/mol. The molecule has 0 bridgehead atoms. The van der Waals surface area contributed by atoms with Crippen molar-refractivity contribution in [3.8, 4) is 0 Å². The Bertz CT molecular complexity index is 369. The van der Waals surface area contributed by atoms with Crippen molar-refractivity contribution in [1.29, 1.82) is 0 Å². The number of esters is 2. The molecule has 120 valence electrons. The number of carbonyl (C=O) groups is 3. The molecule has 0 spiro atoms. The lowest BCUT2D eigenvalue weighted by atomic mass is 9.95. The first-order valence-electron chi connectivity index (χ1n) is 7.56. The van der Waals surface area contributed by atoms with Crippen LogP contribution in [0, 0.1) is 0 Å². The van der Waals surface area contributed by atoms with Crippen LogP contribution in [0.1, 0.15) is 58.3 Å². The number of piperidine rings is 1. The molecular weight excluding hydrogens is 274 g/mol. The molecule has 2 atom stereocenters. The fourth-order valence-electron chi connectivity index (χ4n) is 2.55. The fourth-order valence-corrected chi connectivity index (χ4v) is 2.55. The summed E-state index contributed by atoms with van der Waals surface area (Å²) < 4.78 is 9.84. The lowest BCUT2D eigenvalue weighted by Gasteiger charge is -2.31. The van der Waals surface area contributed by atoms with E-state index in [1.54, 1.807) is 0 Å². The molecular formula is C15H25NO5. The van der Waals surface area contributed by atoms with Gasteiger partial charge in [0.25, 0.3) is 0 Å². The molecule has 1 N–H and O–H groups in total. The number of ether oxygens (including phenoxy) is 2. The minimum absolute atomic E-state index is 0.0223. The molecule has 1 aliphatic heterocycles. The molecule has 0 aromatic rings. The molecule has 21 heavy (non-hydrogen) atoms. The van der Waals surface area contributed by atoms with Gasteiger partial charge in [0, 0.05) is 19.8 Å². The van der Waals surface area contributed by atoms with E-state index in [1.165, 1.54) is 14.0 Å². The van der Waals surface area contributed by atoms with Gasteiger partial charge in [-0.25, -0.2) is 0 Å². The zero-order valence-corrected chi connectivity index (χ0v) is 12.9. The van der Waals surface area contributed by atoms with Gasteiger partial charge in [-0.1, -0.05) is 19.3 Å². The minimum atomic E-state index is -0.306. The Morgan fingerprint density at radius 1 is 1.24 bits per heavy atom. The van der Waals surface area contributed by atoms with Crippen molar-refractivity contribution in [2.24, 2.45) is 0 Å². The SMILES string of the molecule is COC(=O)CCCCCC[C@@H]1NC(=O)CC[C@H]1OC(C)=O. The van der Waals surface area contributed by atoms with Crippen LogP contribution < -0.4 is 5.32 Å². The maximum Gasteiger partial charge on any atom is 0.305 e. The molecule has 0 saturated carbocycles. The minimum Gasteiger partial charge on any atom is -0.469 e. The normalized spacial score (nSPS) is 21.5. The number of carbonyl (C=O) groups excluding carboxylic acids is 3. The second kappa shape index (κ2) is 9.37. The van der Waals surface area contributed by atoms with Crippen molar-refractivity contribution in [3.05, 3.63) is 0 Å². The molecule has 0 aliphatic carbocycles. The largest absolute Gasteiger partial charge is 0.469 e. The number of amides is 1. The third-order valence-corrected chi connectivity index (χ3v) is 3.64. The van der Waals surface area contributed by atoms with Crippen LogP contribution >= 0.6 is 0 Å². The molecule has 0 aromatic heterocycles. The average molecular weight is 299 g/mol. The van der Waals surface area contributed by atoms with Gasteiger partial charge in [0.15, 0.2) is 0 Å². The van der Waals surface area contributed by atoms with Gasteiger partial charge in [-0.2, -0.15) is 0 Å². The first kappa shape index (κ1) is 17.5. The number of unbranched alkanes of at least 4 members (excludes halogenated alkanes) is 3. The zero-order chi connectivity index (χ0) is 15.7. The van der Waals surface area contributed by atoms with Gasteiger partial charge in [-0.05, 0) is 19.3 Å². The van der Waals surface area contributed by atoms with Crippen LogP contribution in [-0.2, 0) is 23.9 Å². The summed E-state index contributed by atoms with van der Waals surface area (Å²) in [6.07, 6.45) is 5.72. The second-order valence-electron chi connectivity index (χ2n) is 5.39. The topological polar surface area (TPSA) is 81.7 Å². The summed E-state index contributed by atoms with van der Waals surface area (Å²) in [7, 11) is 1.39. The van der Waals surface area contributed by atoms with Gasteiger partial charge in [0.05, 0.1) is 13.2 Å². The molecule has 1 rings (SSSR count). The summed E-state index contributed by atoms with van der Waals surface area (Å²) >= 11 is 0. The summed E-state index contributed by atoms with van der Waals surface area (Å²) in [5.74, 6) is -0.460. The van der Waals surface area contributed by atoms with Gasteiger partial charge < -0.3 is 14.8 Å². The summed E-state index contributed by atoms with van der Waals surface area (Å²) in [5.41, 5.74) is 0. The number of nitrogens with one attached hydrogen (secondary N) is 1. The quantitative estimate of drug-likeness (QED) is 0.545. The summed E-state index contributed by atoms with van der Waals surface area (Å²) in [4.78, 5) is 33.5. The van der Waals surface area contributed by atoms with Crippen LogP contribution in [0.25, 0.3) is 0 Å². The van der Waals surface area contributed by atoms with E-state index in [0.717, 1.165) is 32.1 Å². The molecule has 0 aromatic carbocycles. The summed E-state index contributed by atoms with van der Waals surface area (Å²) in [6, 6.07) is -0.0873. The van der Waals surface area contributed by atoms with E-state index in [0.29, 0.717) is 19.3 Å². The first-order chi connectivity index (χ1) is 10.0. The highest BCUT2D eigenvalue weighted by Gasteiger charge is 2.30. The molecule has 1 saturated heterocycles. The fraction of sp³-hybridized carbons (Fsp3) is 0.800. The second-order valence-corrected chi connectivity index (χ2v) is 5.39. The molecule has 1 heterocycles. The van der Waals surface area contributed by atoms with Crippen molar-refractivity contribution in [2.45, 2.75) is 70.4 Å². The molecule has 1 fully saturated rings. The highest BCUT2D eigenvalue weighted by atomic mass is 16.5. The average Bonchev–Trinajstić information content (AvgIpc) is 2.44. The van der Waals surface area contributed by atoms with Crippen molar-refractivity contribution < 1.29 is 23.9 Å². The number of hydrogen-bond donors (Lipinski definition) is 1. The number of hydrogen-bond acceptors (Lipinski definition) is 5. The summed E-state index contributed by atoms with van der Waals surface area (Å²) in [6.45, 7) is 1.39. The Hall–Kier alpha value is -1.59. The maximum atomic E-state index is 11.4. The van der Waals surface area contributed by atoms with Crippen LogP contribution in [0.4, 0.5) is 0 Å². The van der Waals surface area contributed by atoms with E-state index < -0.39 is 0 Å². The Balaban J connectivity index is 2.22. The van der Waals surface area contributed by atoms with E-state index in [-0.39, 0.29) is 30.0 Å². The molecule has 0 unspecified atom stereocenters. The Morgan fingerprint density at radius 3 is 2.62 bits per heavy atom. The monoisotopic (exact) mass is 299 g/mol. The number of methoxy groups -OCH3 is 1. The van der Waals surface area contributed by atoms with Crippen LogP contribution in [0.3, 0.4) is 0 Å². The van der Waals surface area contributed by atoms with E-state index in [1.807, 2.05) is 0 Å². The zero-order valence-electron chi connectivity index (χ0n) is 12.9. The highest BCUT2D eigenvalue weighted by molar-refractivity contribution is 5.77. The maximum absolute atomic E-state index is 11.4. The summed E-state index contributed by atoms with van der Waals surface area (Å²) in [5, 5.41) is 2.90. The Morgan fingerprint density at radius 2 is 1.95 bits per heavy atom. The van der Waals surface area contributed by atoms with Gasteiger partial charge in [0.2, 0.25) is 5.91 Å². The van der Waals surface area contributed by atoms with E-state index >= 15 is 0 Å². The molecule has 6 heteroatoms. The van der Waals surface area contributed by atoms with E-state index in [4.69, 9.17) is 4.74 Å². The predicted octanol–water partition coefficient (Wildman–Crippen LogP) is 1.71. The van der Waals surface area contributed by atoms with Crippen molar-refractivity contribution in [3.63, 3.8) is 0 Å². The van der Waals surface area contributed by atoms with Crippen LogP contribution in [0.2, 0.25) is 0 Å².